The number of phenols is 1. The molecular formula is C10H12F2N2O. The van der Waals surface area contributed by atoms with Crippen molar-refractivity contribution in [3.05, 3.63) is 23.8 Å². The molecule has 1 aromatic carbocycles. The zero-order valence-electron chi connectivity index (χ0n) is 8.13. The highest BCUT2D eigenvalue weighted by atomic mass is 19.1. The maximum absolute atomic E-state index is 13.5. The van der Waals surface area contributed by atoms with Crippen molar-refractivity contribution in [1.82, 2.24) is 5.32 Å². The first-order valence-electron chi connectivity index (χ1n) is 4.83. The number of phenolic OH excluding ortho intramolecular Hbond substituents is 1. The van der Waals surface area contributed by atoms with E-state index in [1.54, 1.807) is 4.90 Å². The molecule has 1 aromatic rings. The molecule has 0 amide bonds. The summed E-state index contributed by atoms with van der Waals surface area (Å²) >= 11 is 0. The second kappa shape index (κ2) is 4.02. The number of benzene rings is 1. The van der Waals surface area contributed by atoms with Gasteiger partial charge in [-0.3, -0.25) is 0 Å². The fourth-order valence-corrected chi connectivity index (χ4v) is 1.71. The fourth-order valence-electron chi connectivity index (χ4n) is 1.71. The fraction of sp³-hybridized carbons (Fsp3) is 0.400. The van der Waals surface area contributed by atoms with Crippen molar-refractivity contribution in [3.63, 3.8) is 0 Å². The van der Waals surface area contributed by atoms with E-state index < -0.39 is 17.4 Å². The summed E-state index contributed by atoms with van der Waals surface area (Å²) in [6, 6.07) is 2.10. The van der Waals surface area contributed by atoms with E-state index in [0.29, 0.717) is 26.2 Å². The number of aromatic hydroxyl groups is 1. The maximum atomic E-state index is 13.5. The molecule has 2 N–H and O–H groups in total. The number of nitrogens with zero attached hydrogens (tertiary/aromatic N) is 1. The van der Waals surface area contributed by atoms with Gasteiger partial charge in [-0.2, -0.15) is 0 Å². The van der Waals surface area contributed by atoms with Crippen LogP contribution in [0.25, 0.3) is 0 Å². The van der Waals surface area contributed by atoms with Crippen LogP contribution in [0.4, 0.5) is 14.5 Å². The van der Waals surface area contributed by atoms with Crippen molar-refractivity contribution in [2.75, 3.05) is 31.1 Å². The minimum atomic E-state index is -0.878. The Labute approximate surface area is 86.3 Å². The van der Waals surface area contributed by atoms with Crippen molar-refractivity contribution in [3.8, 4) is 5.75 Å². The molecule has 0 aliphatic carbocycles. The normalized spacial score (nSPS) is 16.8. The predicted octanol–water partition coefficient (Wildman–Crippen LogP) is 1.08. The summed E-state index contributed by atoms with van der Waals surface area (Å²) in [5, 5.41) is 12.3. The second-order valence-corrected chi connectivity index (χ2v) is 3.47. The van der Waals surface area contributed by atoms with Crippen molar-refractivity contribution in [1.29, 1.82) is 0 Å². The summed E-state index contributed by atoms with van der Waals surface area (Å²) in [6.07, 6.45) is 0. The average Bonchev–Trinajstić information content (AvgIpc) is 2.26. The zero-order chi connectivity index (χ0) is 10.8. The van der Waals surface area contributed by atoms with Crippen LogP contribution in [0.3, 0.4) is 0 Å². The quantitative estimate of drug-likeness (QED) is 0.734. The molecule has 3 nitrogen and oxygen atoms in total. The van der Waals surface area contributed by atoms with E-state index in [1.807, 2.05) is 0 Å². The zero-order valence-corrected chi connectivity index (χ0v) is 8.13. The van der Waals surface area contributed by atoms with E-state index in [0.717, 1.165) is 12.1 Å². The third-order valence-corrected chi connectivity index (χ3v) is 2.48. The molecule has 1 saturated heterocycles. The maximum Gasteiger partial charge on any atom is 0.191 e. The molecule has 1 aliphatic heterocycles. The van der Waals surface area contributed by atoms with Crippen molar-refractivity contribution < 1.29 is 13.9 Å². The van der Waals surface area contributed by atoms with Crippen LogP contribution in [0.15, 0.2) is 12.1 Å². The minimum Gasteiger partial charge on any atom is -0.505 e. The molecule has 5 heteroatoms. The average molecular weight is 214 g/mol. The number of anilines is 1. The van der Waals surface area contributed by atoms with Crippen LogP contribution < -0.4 is 10.2 Å². The van der Waals surface area contributed by atoms with Gasteiger partial charge in [0.05, 0.1) is 0 Å². The molecule has 2 rings (SSSR count). The number of nitrogens with one attached hydrogen (secondary N) is 1. The summed E-state index contributed by atoms with van der Waals surface area (Å²) in [4.78, 5) is 1.60. The summed E-state index contributed by atoms with van der Waals surface area (Å²) < 4.78 is 26.9. The highest BCUT2D eigenvalue weighted by Crippen LogP contribution is 2.29. The molecule has 0 radical (unpaired) electrons. The Morgan fingerprint density at radius 1 is 1.20 bits per heavy atom. The first-order chi connectivity index (χ1) is 7.20. The van der Waals surface area contributed by atoms with E-state index in [9.17, 15) is 13.9 Å². The lowest BCUT2D eigenvalue weighted by Gasteiger charge is -2.29. The molecule has 15 heavy (non-hydrogen) atoms. The Bertz CT molecular complexity index is 365. The van der Waals surface area contributed by atoms with Gasteiger partial charge in [-0.25, -0.2) is 8.78 Å². The number of hydrogen-bond donors (Lipinski definition) is 2. The molecule has 1 aliphatic rings. The number of halogens is 2. The molecule has 1 fully saturated rings. The van der Waals surface area contributed by atoms with Gasteiger partial charge in [0.25, 0.3) is 0 Å². The summed E-state index contributed by atoms with van der Waals surface area (Å²) in [7, 11) is 0. The van der Waals surface area contributed by atoms with Crippen LogP contribution in [-0.4, -0.2) is 31.3 Å². The van der Waals surface area contributed by atoms with E-state index in [-0.39, 0.29) is 5.69 Å². The Morgan fingerprint density at radius 2 is 1.87 bits per heavy atom. The highest BCUT2D eigenvalue weighted by Gasteiger charge is 2.20. The van der Waals surface area contributed by atoms with E-state index >= 15 is 0 Å². The van der Waals surface area contributed by atoms with Crippen LogP contribution in [0.1, 0.15) is 0 Å². The van der Waals surface area contributed by atoms with E-state index in [2.05, 4.69) is 5.32 Å². The van der Waals surface area contributed by atoms with Crippen molar-refractivity contribution >= 4 is 5.69 Å². The van der Waals surface area contributed by atoms with Gasteiger partial charge in [-0.15, -0.1) is 0 Å². The van der Waals surface area contributed by atoms with Gasteiger partial charge in [0.1, 0.15) is 11.5 Å². The Kier molecular flexibility index (Phi) is 2.73. The molecule has 82 valence electrons. The highest BCUT2D eigenvalue weighted by molar-refractivity contribution is 5.53. The molecule has 0 bridgehead atoms. The van der Waals surface area contributed by atoms with Gasteiger partial charge in [0.15, 0.2) is 11.6 Å². The lowest BCUT2D eigenvalue weighted by Crippen LogP contribution is -2.44. The molecular weight excluding hydrogens is 202 g/mol. The molecule has 0 atom stereocenters. The third-order valence-electron chi connectivity index (χ3n) is 2.48. The van der Waals surface area contributed by atoms with Crippen LogP contribution >= 0.6 is 0 Å². The summed E-state index contributed by atoms with van der Waals surface area (Å²) in [5.74, 6) is -2.02. The van der Waals surface area contributed by atoms with Gasteiger partial charge in [0.2, 0.25) is 0 Å². The second-order valence-electron chi connectivity index (χ2n) is 3.47. The molecule has 1 heterocycles. The first kappa shape index (κ1) is 10.2. The van der Waals surface area contributed by atoms with Gasteiger partial charge < -0.3 is 15.3 Å². The van der Waals surface area contributed by atoms with Crippen LogP contribution in [0.2, 0.25) is 0 Å². The number of hydrogen-bond acceptors (Lipinski definition) is 3. The molecule has 0 aromatic heterocycles. The summed E-state index contributed by atoms with van der Waals surface area (Å²) in [5.41, 5.74) is -0.128. The third kappa shape index (κ3) is 1.87. The van der Waals surface area contributed by atoms with Crippen molar-refractivity contribution in [2.24, 2.45) is 0 Å². The largest absolute Gasteiger partial charge is 0.505 e. The number of piperazine rings is 1. The first-order valence-corrected chi connectivity index (χ1v) is 4.83. The van der Waals surface area contributed by atoms with Crippen molar-refractivity contribution in [2.45, 2.75) is 0 Å². The number of rotatable bonds is 1. The van der Waals surface area contributed by atoms with Gasteiger partial charge in [-0.05, 0) is 12.1 Å². The van der Waals surface area contributed by atoms with E-state index in [4.69, 9.17) is 0 Å². The van der Waals surface area contributed by atoms with E-state index in [1.165, 1.54) is 0 Å². The Hall–Kier alpha value is -1.36. The SMILES string of the molecule is Oc1ccc(F)c(N2CCNCC2)c1F. The van der Waals surface area contributed by atoms with Gasteiger partial charge in [0, 0.05) is 26.2 Å². The Morgan fingerprint density at radius 3 is 2.53 bits per heavy atom. The molecule has 0 spiro atoms. The smallest absolute Gasteiger partial charge is 0.191 e. The Balaban J connectivity index is 2.36. The van der Waals surface area contributed by atoms with Crippen LogP contribution in [-0.2, 0) is 0 Å². The minimum absolute atomic E-state index is 0.128. The summed E-state index contributed by atoms with van der Waals surface area (Å²) in [6.45, 7) is 2.46. The van der Waals surface area contributed by atoms with Crippen LogP contribution in [0, 0.1) is 11.6 Å². The van der Waals surface area contributed by atoms with Crippen LogP contribution in [0.5, 0.6) is 5.75 Å². The van der Waals surface area contributed by atoms with Gasteiger partial charge in [-0.1, -0.05) is 0 Å². The predicted molar refractivity (Wildman–Crippen MR) is 53.1 cm³/mol. The molecule has 0 saturated carbocycles. The monoisotopic (exact) mass is 214 g/mol. The molecule has 0 unspecified atom stereocenters. The standard InChI is InChI=1S/C10H12F2N2O/c11-7-1-2-8(15)9(12)10(7)14-5-3-13-4-6-14/h1-2,13,15H,3-6H2. The lowest BCUT2D eigenvalue weighted by molar-refractivity contribution is 0.425. The topological polar surface area (TPSA) is 35.5 Å². The lowest BCUT2D eigenvalue weighted by atomic mass is 10.2. The van der Waals surface area contributed by atoms with Gasteiger partial charge >= 0.3 is 0 Å².